The first-order valence-electron chi connectivity index (χ1n) is 6.85. The van der Waals surface area contributed by atoms with Crippen molar-refractivity contribution in [3.05, 3.63) is 81.3 Å². The molecular formula is C18H15BrClN. The number of halogens is 2. The Labute approximate surface area is 138 Å². The van der Waals surface area contributed by atoms with Gasteiger partial charge in [0.2, 0.25) is 0 Å². The monoisotopic (exact) mass is 359 g/mol. The summed E-state index contributed by atoms with van der Waals surface area (Å²) >= 11 is 9.51. The third-order valence-electron chi connectivity index (χ3n) is 3.53. The molecule has 0 aliphatic carbocycles. The highest BCUT2D eigenvalue weighted by Crippen LogP contribution is 2.22. The summed E-state index contributed by atoms with van der Waals surface area (Å²) in [5.41, 5.74) is 2.53. The molecule has 0 spiro atoms. The quantitative estimate of drug-likeness (QED) is 0.643. The smallest absolute Gasteiger partial charge is 0.0417 e. The maximum absolute atomic E-state index is 5.96. The van der Waals surface area contributed by atoms with E-state index in [1.54, 1.807) is 0 Å². The molecule has 1 N–H and O–H groups in total. The molecule has 0 heterocycles. The highest BCUT2D eigenvalue weighted by atomic mass is 79.9. The third-order valence-corrected chi connectivity index (χ3v) is 4.50. The van der Waals surface area contributed by atoms with E-state index in [9.17, 15) is 0 Å². The summed E-state index contributed by atoms with van der Waals surface area (Å²) in [5.74, 6) is 0. The van der Waals surface area contributed by atoms with Crippen molar-refractivity contribution in [2.24, 2.45) is 0 Å². The summed E-state index contributed by atoms with van der Waals surface area (Å²) < 4.78 is 1.04. The number of fused-ring (bicyclic) bond motifs is 1. The Bertz CT molecular complexity index is 765. The molecule has 0 fully saturated rings. The van der Waals surface area contributed by atoms with E-state index in [4.69, 9.17) is 11.6 Å². The van der Waals surface area contributed by atoms with Crippen LogP contribution in [0.3, 0.4) is 0 Å². The van der Waals surface area contributed by atoms with E-state index in [0.717, 1.165) is 22.6 Å². The van der Waals surface area contributed by atoms with Gasteiger partial charge in [-0.2, -0.15) is 0 Å². The highest BCUT2D eigenvalue weighted by Gasteiger charge is 2.02. The average molecular weight is 361 g/mol. The fraction of sp³-hybridized carbons (Fsp3) is 0.111. The number of rotatable bonds is 4. The molecule has 0 saturated heterocycles. The van der Waals surface area contributed by atoms with Gasteiger partial charge in [-0.3, -0.25) is 0 Å². The normalized spacial score (nSPS) is 11.0. The Morgan fingerprint density at radius 2 is 1.62 bits per heavy atom. The molecule has 0 bridgehead atoms. The van der Waals surface area contributed by atoms with Crippen LogP contribution in [-0.2, 0) is 13.1 Å². The first kappa shape index (κ1) is 14.6. The SMILES string of the molecule is Clc1ccc(CNCc2cccc3ccccc23)c(Br)c1. The summed E-state index contributed by atoms with van der Waals surface area (Å²) in [4.78, 5) is 0. The van der Waals surface area contributed by atoms with Crippen molar-refractivity contribution >= 4 is 38.3 Å². The van der Waals surface area contributed by atoms with E-state index in [1.165, 1.54) is 21.9 Å². The Balaban J connectivity index is 1.72. The van der Waals surface area contributed by atoms with Crippen LogP contribution in [0.5, 0.6) is 0 Å². The second kappa shape index (κ2) is 6.61. The molecule has 0 saturated carbocycles. The first-order valence-corrected chi connectivity index (χ1v) is 8.02. The minimum Gasteiger partial charge on any atom is -0.309 e. The molecule has 3 aromatic carbocycles. The van der Waals surface area contributed by atoms with Gasteiger partial charge < -0.3 is 5.32 Å². The van der Waals surface area contributed by atoms with Crippen molar-refractivity contribution in [1.82, 2.24) is 5.32 Å². The summed E-state index contributed by atoms with van der Waals surface area (Å²) in [6, 6.07) is 20.8. The minimum absolute atomic E-state index is 0.750. The van der Waals surface area contributed by atoms with Crippen LogP contribution in [0.2, 0.25) is 5.02 Å². The molecule has 106 valence electrons. The van der Waals surface area contributed by atoms with Gasteiger partial charge in [-0.15, -0.1) is 0 Å². The van der Waals surface area contributed by atoms with Crippen LogP contribution in [0, 0.1) is 0 Å². The molecule has 3 heteroatoms. The van der Waals surface area contributed by atoms with Crippen LogP contribution in [0.25, 0.3) is 10.8 Å². The van der Waals surface area contributed by atoms with Crippen LogP contribution in [-0.4, -0.2) is 0 Å². The summed E-state index contributed by atoms with van der Waals surface area (Å²) in [5, 5.41) is 6.84. The van der Waals surface area contributed by atoms with Crippen molar-refractivity contribution in [3.63, 3.8) is 0 Å². The molecule has 0 radical (unpaired) electrons. The van der Waals surface area contributed by atoms with E-state index >= 15 is 0 Å². The van der Waals surface area contributed by atoms with E-state index < -0.39 is 0 Å². The Morgan fingerprint density at radius 3 is 2.48 bits per heavy atom. The molecule has 0 atom stereocenters. The van der Waals surface area contributed by atoms with Crippen molar-refractivity contribution < 1.29 is 0 Å². The average Bonchev–Trinajstić information content (AvgIpc) is 2.50. The highest BCUT2D eigenvalue weighted by molar-refractivity contribution is 9.10. The topological polar surface area (TPSA) is 12.0 Å². The summed E-state index contributed by atoms with van der Waals surface area (Å²) in [7, 11) is 0. The first-order chi connectivity index (χ1) is 10.2. The molecule has 21 heavy (non-hydrogen) atoms. The van der Waals surface area contributed by atoms with Crippen LogP contribution in [0.15, 0.2) is 65.1 Å². The molecule has 0 aliphatic heterocycles. The molecule has 0 aromatic heterocycles. The zero-order chi connectivity index (χ0) is 14.7. The number of benzene rings is 3. The van der Waals surface area contributed by atoms with Gasteiger partial charge >= 0.3 is 0 Å². The van der Waals surface area contributed by atoms with Gasteiger partial charge in [0.05, 0.1) is 0 Å². The van der Waals surface area contributed by atoms with Crippen LogP contribution in [0.4, 0.5) is 0 Å². The lowest BCUT2D eigenvalue weighted by molar-refractivity contribution is 0.695. The lowest BCUT2D eigenvalue weighted by Crippen LogP contribution is -2.13. The molecule has 0 aliphatic rings. The molecule has 1 nitrogen and oxygen atoms in total. The van der Waals surface area contributed by atoms with Crippen LogP contribution < -0.4 is 5.32 Å². The van der Waals surface area contributed by atoms with Gasteiger partial charge in [0.15, 0.2) is 0 Å². The fourth-order valence-corrected chi connectivity index (χ4v) is 3.27. The fourth-order valence-electron chi connectivity index (χ4n) is 2.44. The second-order valence-electron chi connectivity index (χ2n) is 4.98. The van der Waals surface area contributed by atoms with Gasteiger partial charge in [-0.25, -0.2) is 0 Å². The standard InChI is InChI=1S/C18H15BrClN/c19-18-10-16(20)9-8-15(18)12-21-11-14-6-3-5-13-4-1-2-7-17(13)14/h1-10,21H,11-12H2. The maximum atomic E-state index is 5.96. The summed E-state index contributed by atoms with van der Waals surface area (Å²) in [6.07, 6.45) is 0. The van der Waals surface area contributed by atoms with E-state index in [1.807, 2.05) is 18.2 Å². The minimum atomic E-state index is 0.750. The van der Waals surface area contributed by atoms with Gasteiger partial charge in [-0.05, 0) is 34.0 Å². The molecule has 0 unspecified atom stereocenters. The second-order valence-corrected chi connectivity index (χ2v) is 6.27. The van der Waals surface area contributed by atoms with E-state index in [2.05, 4.69) is 63.7 Å². The largest absolute Gasteiger partial charge is 0.309 e. The van der Waals surface area contributed by atoms with E-state index in [0.29, 0.717) is 0 Å². The molecule has 0 amide bonds. The Kier molecular flexibility index (Phi) is 4.59. The van der Waals surface area contributed by atoms with Gasteiger partial charge in [-0.1, -0.05) is 76.1 Å². The Hall–Kier alpha value is -1.35. The Morgan fingerprint density at radius 1 is 0.857 bits per heavy atom. The predicted octanol–water partition coefficient (Wildman–Crippen LogP) is 5.55. The van der Waals surface area contributed by atoms with Gasteiger partial charge in [0.25, 0.3) is 0 Å². The lowest BCUT2D eigenvalue weighted by Gasteiger charge is -2.10. The van der Waals surface area contributed by atoms with Crippen molar-refractivity contribution in [2.45, 2.75) is 13.1 Å². The third kappa shape index (κ3) is 3.46. The number of hydrogen-bond acceptors (Lipinski definition) is 1. The predicted molar refractivity (Wildman–Crippen MR) is 93.6 cm³/mol. The zero-order valence-corrected chi connectivity index (χ0v) is 13.8. The molecule has 3 rings (SSSR count). The molecule has 3 aromatic rings. The number of hydrogen-bond donors (Lipinski definition) is 1. The van der Waals surface area contributed by atoms with Crippen molar-refractivity contribution in [3.8, 4) is 0 Å². The van der Waals surface area contributed by atoms with Crippen LogP contribution in [0.1, 0.15) is 11.1 Å². The number of nitrogens with one attached hydrogen (secondary N) is 1. The maximum Gasteiger partial charge on any atom is 0.0417 e. The van der Waals surface area contributed by atoms with Gasteiger partial charge in [0, 0.05) is 22.6 Å². The molecular weight excluding hydrogens is 346 g/mol. The van der Waals surface area contributed by atoms with Gasteiger partial charge in [0.1, 0.15) is 0 Å². The summed E-state index contributed by atoms with van der Waals surface area (Å²) in [6.45, 7) is 1.65. The van der Waals surface area contributed by atoms with E-state index in [-0.39, 0.29) is 0 Å². The lowest BCUT2D eigenvalue weighted by atomic mass is 10.0. The van der Waals surface area contributed by atoms with Crippen LogP contribution >= 0.6 is 27.5 Å². The zero-order valence-electron chi connectivity index (χ0n) is 11.4. The van der Waals surface area contributed by atoms with Crippen molar-refractivity contribution in [1.29, 1.82) is 0 Å². The van der Waals surface area contributed by atoms with Crippen molar-refractivity contribution in [2.75, 3.05) is 0 Å².